The monoisotopic (exact) mass is 548 g/mol. The van der Waals surface area contributed by atoms with Crippen LogP contribution in [-0.2, 0) is 9.53 Å². The minimum atomic E-state index is -0.530. The number of carbonyl (C=O) groups excluding carboxylic acids is 1. The van der Waals surface area contributed by atoms with Crippen LogP contribution in [0, 0.1) is 23.7 Å². The number of piperidine rings is 2. The number of hydrogen-bond donors (Lipinski definition) is 4. The molecule has 0 radical (unpaired) electrons. The molecule has 7 atom stereocenters. The molecule has 0 spiro atoms. The second-order valence-electron chi connectivity index (χ2n) is 12.2. The van der Waals surface area contributed by atoms with Gasteiger partial charge < -0.3 is 21.1 Å². The van der Waals surface area contributed by atoms with Gasteiger partial charge in [-0.25, -0.2) is 0 Å². The van der Waals surface area contributed by atoms with Crippen LogP contribution in [0.1, 0.15) is 65.2 Å². The van der Waals surface area contributed by atoms with Crippen molar-refractivity contribution in [3.8, 4) is 0 Å². The molecule has 0 aromatic rings. The molecule has 38 heavy (non-hydrogen) atoms. The lowest BCUT2D eigenvalue weighted by Gasteiger charge is -2.45. The molecule has 214 valence electrons. The Morgan fingerprint density at radius 3 is 2.68 bits per heavy atom. The van der Waals surface area contributed by atoms with Crippen LogP contribution in [0.5, 0.6) is 0 Å². The molecular formula is C29H49ClN6O2. The maximum Gasteiger partial charge on any atom is 0.252 e. The number of allylic oxidation sites excluding steroid dienone is 1. The maximum absolute atomic E-state index is 14.1. The van der Waals surface area contributed by atoms with Crippen molar-refractivity contribution in [3.05, 3.63) is 11.3 Å². The number of likely N-dealkylation sites (tertiary alicyclic amines) is 1. The number of nitrogens with one attached hydrogen (secondary N) is 3. The first-order valence-electron chi connectivity index (χ1n) is 15.3. The first kappa shape index (κ1) is 28.5. The predicted octanol–water partition coefficient (Wildman–Crippen LogP) is 2.62. The van der Waals surface area contributed by atoms with Crippen molar-refractivity contribution in [2.45, 2.75) is 94.9 Å². The Kier molecular flexibility index (Phi) is 9.82. The fraction of sp³-hybridized carbons (Fsp3) is 0.862. The van der Waals surface area contributed by atoms with E-state index in [4.69, 9.17) is 27.1 Å². The van der Waals surface area contributed by atoms with E-state index in [1.54, 1.807) is 0 Å². The van der Waals surface area contributed by atoms with Crippen LogP contribution in [0.3, 0.4) is 0 Å². The molecule has 0 saturated carbocycles. The number of fused-ring (bicyclic) bond motifs is 3. The third-order valence-electron chi connectivity index (χ3n) is 9.97. The van der Waals surface area contributed by atoms with Gasteiger partial charge in [-0.1, -0.05) is 20.3 Å². The molecular weight excluding hydrogens is 500 g/mol. The number of halogens is 1. The van der Waals surface area contributed by atoms with Crippen LogP contribution in [0.25, 0.3) is 0 Å². The number of amides is 1. The lowest BCUT2D eigenvalue weighted by atomic mass is 9.76. The van der Waals surface area contributed by atoms with Gasteiger partial charge in [0.1, 0.15) is 0 Å². The zero-order chi connectivity index (χ0) is 26.6. The molecule has 5 rings (SSSR count). The van der Waals surface area contributed by atoms with E-state index in [0.29, 0.717) is 29.4 Å². The highest BCUT2D eigenvalue weighted by molar-refractivity contribution is 6.28. The molecule has 0 aromatic carbocycles. The summed E-state index contributed by atoms with van der Waals surface area (Å²) in [4.78, 5) is 21.6. The number of hydrogen-bond acceptors (Lipinski definition) is 7. The Morgan fingerprint density at radius 2 is 2.00 bits per heavy atom. The number of alkyl halides is 1. The van der Waals surface area contributed by atoms with Crippen molar-refractivity contribution in [1.29, 1.82) is 0 Å². The lowest BCUT2D eigenvalue weighted by molar-refractivity contribution is -0.119. The van der Waals surface area contributed by atoms with Crippen molar-refractivity contribution in [2.75, 3.05) is 39.4 Å². The van der Waals surface area contributed by atoms with Crippen molar-refractivity contribution in [1.82, 2.24) is 20.9 Å². The quantitative estimate of drug-likeness (QED) is 0.365. The third-order valence-corrected chi connectivity index (χ3v) is 10.3. The summed E-state index contributed by atoms with van der Waals surface area (Å²) in [5.41, 5.74) is 8.25. The molecule has 5 aliphatic heterocycles. The standard InChI is InChI=1S/C29H49ClN6O2/c1-3-5-23-21(4-2)27-26(28(31)34-24(23)7-6-19(30)14-33-27)29(37)35-25-15-32-11-8-22(25)18-9-12-36(13-10-18)20-16-38-17-20/h14,18-25,28,32,34H,3-13,15-17,31H2,1-2H3,(H,35,37). The molecule has 8 nitrogen and oxygen atoms in total. The van der Waals surface area contributed by atoms with E-state index >= 15 is 0 Å². The number of nitrogens with zero attached hydrogens (tertiary/aromatic N) is 2. The fourth-order valence-electron chi connectivity index (χ4n) is 7.80. The highest BCUT2D eigenvalue weighted by Crippen LogP contribution is 2.39. The van der Waals surface area contributed by atoms with Gasteiger partial charge >= 0.3 is 0 Å². The lowest BCUT2D eigenvalue weighted by Crippen LogP contribution is -2.57. The highest BCUT2D eigenvalue weighted by Gasteiger charge is 2.42. The van der Waals surface area contributed by atoms with Gasteiger partial charge in [-0.3, -0.25) is 20.0 Å². The van der Waals surface area contributed by atoms with Crippen LogP contribution < -0.4 is 21.7 Å². The molecule has 0 aromatic heterocycles. The Morgan fingerprint density at radius 1 is 1.21 bits per heavy atom. The van der Waals surface area contributed by atoms with Crippen molar-refractivity contribution in [2.24, 2.45) is 34.4 Å². The highest BCUT2D eigenvalue weighted by atomic mass is 35.5. The van der Waals surface area contributed by atoms with Gasteiger partial charge in [0.25, 0.3) is 5.91 Å². The predicted molar refractivity (Wildman–Crippen MR) is 153 cm³/mol. The Bertz CT molecular complexity index is 871. The summed E-state index contributed by atoms with van der Waals surface area (Å²) in [6.07, 6.45) is 9.74. The first-order valence-corrected chi connectivity index (χ1v) is 15.7. The molecule has 3 saturated heterocycles. The van der Waals surface area contributed by atoms with E-state index in [9.17, 15) is 4.79 Å². The molecule has 5 heterocycles. The van der Waals surface area contributed by atoms with E-state index in [2.05, 4.69) is 34.7 Å². The van der Waals surface area contributed by atoms with Gasteiger partial charge in [0.2, 0.25) is 0 Å². The average Bonchev–Trinajstić information content (AvgIpc) is 2.95. The minimum absolute atomic E-state index is 0.0547. The van der Waals surface area contributed by atoms with Gasteiger partial charge in [-0.2, -0.15) is 0 Å². The van der Waals surface area contributed by atoms with E-state index in [0.717, 1.165) is 83.6 Å². The molecule has 5 aliphatic rings. The summed E-state index contributed by atoms with van der Waals surface area (Å²) in [6, 6.07) is 0.943. The van der Waals surface area contributed by atoms with E-state index in [1.807, 2.05) is 6.21 Å². The Labute approximate surface area is 233 Å². The molecule has 2 bridgehead atoms. The summed E-state index contributed by atoms with van der Waals surface area (Å²) in [7, 11) is 0. The SMILES string of the molecule is CCCC1C2CCC(Cl)C=NC(=C(C(=O)NC3CNCCC3C3CCN(C4COC4)CC3)C(N)N2)C1CC. The number of nitrogens with two attached hydrogens (primary N) is 1. The minimum Gasteiger partial charge on any atom is -0.378 e. The number of carbonyl (C=O) groups is 1. The molecule has 7 unspecified atom stereocenters. The average molecular weight is 549 g/mol. The second kappa shape index (κ2) is 13.1. The number of rotatable bonds is 7. The van der Waals surface area contributed by atoms with E-state index in [1.165, 1.54) is 12.8 Å². The molecule has 0 aliphatic carbocycles. The van der Waals surface area contributed by atoms with Crippen LogP contribution >= 0.6 is 11.6 Å². The second-order valence-corrected chi connectivity index (χ2v) is 12.8. The molecule has 1 amide bonds. The number of ether oxygens (including phenoxy) is 1. The summed E-state index contributed by atoms with van der Waals surface area (Å²) in [5.74, 6) is 1.65. The Hall–Kier alpha value is -1.03. The summed E-state index contributed by atoms with van der Waals surface area (Å²) in [6.45, 7) is 10.3. The smallest absolute Gasteiger partial charge is 0.252 e. The third kappa shape index (κ3) is 6.16. The van der Waals surface area contributed by atoms with E-state index in [-0.39, 0.29) is 29.3 Å². The summed E-state index contributed by atoms with van der Waals surface area (Å²) < 4.78 is 5.42. The van der Waals surface area contributed by atoms with Crippen molar-refractivity contribution >= 4 is 23.7 Å². The Balaban J connectivity index is 1.36. The zero-order valence-electron chi connectivity index (χ0n) is 23.3. The normalized spacial score (nSPS) is 37.7. The summed E-state index contributed by atoms with van der Waals surface area (Å²) in [5, 5.41) is 10.5. The number of aliphatic imine (C=N–C) groups is 1. The van der Waals surface area contributed by atoms with Gasteiger partial charge in [0.15, 0.2) is 0 Å². The van der Waals surface area contributed by atoms with E-state index < -0.39 is 6.17 Å². The first-order chi connectivity index (χ1) is 18.5. The van der Waals surface area contributed by atoms with Gasteiger partial charge in [0, 0.05) is 30.8 Å². The van der Waals surface area contributed by atoms with Gasteiger partial charge in [-0.15, -0.1) is 11.6 Å². The van der Waals surface area contributed by atoms with Crippen molar-refractivity contribution in [3.63, 3.8) is 0 Å². The fourth-order valence-corrected chi connectivity index (χ4v) is 7.98. The molecule has 5 N–H and O–H groups in total. The van der Waals surface area contributed by atoms with Crippen LogP contribution in [0.2, 0.25) is 0 Å². The summed E-state index contributed by atoms with van der Waals surface area (Å²) >= 11 is 6.61. The van der Waals surface area contributed by atoms with Crippen LogP contribution in [-0.4, -0.2) is 86.1 Å². The maximum atomic E-state index is 14.1. The zero-order valence-corrected chi connectivity index (χ0v) is 24.1. The van der Waals surface area contributed by atoms with Crippen LogP contribution in [0.15, 0.2) is 16.3 Å². The van der Waals surface area contributed by atoms with Gasteiger partial charge in [0.05, 0.1) is 42.1 Å². The largest absolute Gasteiger partial charge is 0.378 e. The van der Waals surface area contributed by atoms with Gasteiger partial charge in [-0.05, 0) is 82.3 Å². The molecule has 3 fully saturated rings. The molecule has 9 heteroatoms. The topological polar surface area (TPSA) is 104 Å². The van der Waals surface area contributed by atoms with Crippen LogP contribution in [0.4, 0.5) is 0 Å². The van der Waals surface area contributed by atoms with Crippen molar-refractivity contribution < 1.29 is 9.53 Å².